The van der Waals surface area contributed by atoms with E-state index in [-0.39, 0.29) is 18.6 Å². The average Bonchev–Trinajstić information content (AvgIpc) is 2.95. The van der Waals surface area contributed by atoms with Gasteiger partial charge in [-0.15, -0.1) is 0 Å². The number of hydrogen-bond acceptors (Lipinski definition) is 3. The van der Waals surface area contributed by atoms with Gasteiger partial charge in [-0.25, -0.2) is 0 Å². The highest BCUT2D eigenvalue weighted by Gasteiger charge is 2.48. The van der Waals surface area contributed by atoms with Gasteiger partial charge < -0.3 is 15.6 Å². The molecule has 0 spiro atoms. The maximum atomic E-state index is 11.1. The van der Waals surface area contributed by atoms with Gasteiger partial charge in [-0.05, 0) is 38.0 Å². The quantitative estimate of drug-likeness (QED) is 0.696. The lowest BCUT2D eigenvalue weighted by Gasteiger charge is -2.26. The molecule has 1 rings (SSSR count). The van der Waals surface area contributed by atoms with Crippen LogP contribution >= 0.6 is 0 Å². The number of ether oxygens (including phenoxy) is 1. The predicted molar refractivity (Wildman–Crippen MR) is 62.1 cm³/mol. The topological polar surface area (TPSA) is 72.5 Å². The van der Waals surface area contributed by atoms with Crippen molar-refractivity contribution in [2.45, 2.75) is 51.7 Å². The van der Waals surface area contributed by atoms with Crippen molar-refractivity contribution in [3.63, 3.8) is 0 Å². The van der Waals surface area contributed by atoms with E-state index in [9.17, 15) is 4.79 Å². The molecule has 16 heavy (non-hydrogen) atoms. The zero-order valence-corrected chi connectivity index (χ0v) is 10.4. The van der Waals surface area contributed by atoms with E-state index >= 15 is 0 Å². The Kier molecular flexibility index (Phi) is 4.33. The third-order valence-corrected chi connectivity index (χ3v) is 3.11. The summed E-state index contributed by atoms with van der Waals surface area (Å²) < 4.78 is 5.57. The normalized spacial score (nSPS) is 21.8. The smallest absolute Gasteiger partial charge is 0.326 e. The largest absolute Gasteiger partial charge is 0.480 e. The highest BCUT2D eigenvalue weighted by Crippen LogP contribution is 2.38. The fourth-order valence-corrected chi connectivity index (χ4v) is 1.96. The minimum atomic E-state index is -1.18. The van der Waals surface area contributed by atoms with Crippen molar-refractivity contribution in [2.75, 3.05) is 6.61 Å². The Hall–Kier alpha value is -0.610. The molecule has 2 unspecified atom stereocenters. The van der Waals surface area contributed by atoms with Crippen molar-refractivity contribution in [2.24, 2.45) is 17.6 Å². The Bertz CT molecular complexity index is 251. The van der Waals surface area contributed by atoms with Crippen molar-refractivity contribution in [3.8, 4) is 0 Å². The highest BCUT2D eigenvalue weighted by molar-refractivity contribution is 5.79. The number of rotatable bonds is 7. The van der Waals surface area contributed by atoms with E-state index in [1.807, 2.05) is 6.92 Å². The van der Waals surface area contributed by atoms with Gasteiger partial charge in [0.1, 0.15) is 5.54 Å². The fourth-order valence-electron chi connectivity index (χ4n) is 1.96. The van der Waals surface area contributed by atoms with Crippen LogP contribution in [0.15, 0.2) is 0 Å². The SMILES string of the molecule is CC(C)CC(C)OCC(N)(C(=O)O)C1CC1. The summed E-state index contributed by atoms with van der Waals surface area (Å²) in [6.07, 6.45) is 2.82. The molecule has 1 aliphatic rings. The lowest BCUT2D eigenvalue weighted by atomic mass is 9.96. The van der Waals surface area contributed by atoms with Crippen molar-refractivity contribution < 1.29 is 14.6 Å². The minimum absolute atomic E-state index is 0.0704. The van der Waals surface area contributed by atoms with Crippen LogP contribution in [-0.2, 0) is 9.53 Å². The molecule has 4 heteroatoms. The molecule has 0 aliphatic heterocycles. The van der Waals surface area contributed by atoms with Crippen LogP contribution in [0.1, 0.15) is 40.0 Å². The first-order valence-electron chi connectivity index (χ1n) is 6.00. The van der Waals surface area contributed by atoms with Gasteiger partial charge in [-0.3, -0.25) is 4.79 Å². The molecule has 1 fully saturated rings. The van der Waals surface area contributed by atoms with Crippen LogP contribution in [-0.4, -0.2) is 29.3 Å². The Balaban J connectivity index is 2.41. The van der Waals surface area contributed by atoms with Crippen LogP contribution < -0.4 is 5.73 Å². The second-order valence-corrected chi connectivity index (χ2v) is 5.37. The molecule has 0 radical (unpaired) electrons. The van der Waals surface area contributed by atoms with Gasteiger partial charge in [-0.1, -0.05) is 13.8 Å². The van der Waals surface area contributed by atoms with Crippen molar-refractivity contribution >= 4 is 5.97 Å². The van der Waals surface area contributed by atoms with E-state index in [1.165, 1.54) is 0 Å². The minimum Gasteiger partial charge on any atom is -0.480 e. The molecule has 3 N–H and O–H groups in total. The summed E-state index contributed by atoms with van der Waals surface area (Å²) in [5.74, 6) is -0.295. The second-order valence-electron chi connectivity index (χ2n) is 5.37. The average molecular weight is 229 g/mol. The number of aliphatic carboxylic acids is 1. The standard InChI is InChI=1S/C12H23NO3/c1-8(2)6-9(3)16-7-12(13,11(14)15)10-4-5-10/h8-10H,4-7,13H2,1-3H3,(H,14,15). The van der Waals surface area contributed by atoms with Crippen LogP contribution in [0.3, 0.4) is 0 Å². The van der Waals surface area contributed by atoms with Crippen LogP contribution in [0.25, 0.3) is 0 Å². The highest BCUT2D eigenvalue weighted by atomic mass is 16.5. The lowest BCUT2D eigenvalue weighted by Crippen LogP contribution is -2.54. The summed E-state index contributed by atoms with van der Waals surface area (Å²) in [4.78, 5) is 11.1. The second kappa shape index (κ2) is 5.15. The lowest BCUT2D eigenvalue weighted by molar-refractivity contribution is -0.148. The van der Waals surface area contributed by atoms with Crippen LogP contribution in [0.4, 0.5) is 0 Å². The van der Waals surface area contributed by atoms with Crippen LogP contribution in [0, 0.1) is 11.8 Å². The van der Waals surface area contributed by atoms with Gasteiger partial charge in [0.05, 0.1) is 12.7 Å². The maximum Gasteiger partial charge on any atom is 0.326 e. The van der Waals surface area contributed by atoms with Crippen molar-refractivity contribution in [1.82, 2.24) is 0 Å². The summed E-state index contributed by atoms with van der Waals surface area (Å²) in [5, 5.41) is 9.13. The van der Waals surface area contributed by atoms with E-state index in [2.05, 4.69) is 13.8 Å². The molecule has 0 bridgehead atoms. The Morgan fingerprint density at radius 3 is 2.44 bits per heavy atom. The number of hydrogen-bond donors (Lipinski definition) is 2. The van der Waals surface area contributed by atoms with E-state index in [0.717, 1.165) is 19.3 Å². The molecule has 94 valence electrons. The monoisotopic (exact) mass is 229 g/mol. The summed E-state index contributed by atoms with van der Waals surface area (Å²) in [6, 6.07) is 0. The Labute approximate surface area is 97.2 Å². The van der Waals surface area contributed by atoms with Gasteiger partial charge in [0.2, 0.25) is 0 Å². The third-order valence-electron chi connectivity index (χ3n) is 3.11. The molecule has 0 aromatic heterocycles. The molecule has 0 aromatic rings. The number of nitrogens with two attached hydrogens (primary N) is 1. The Morgan fingerprint density at radius 2 is 2.06 bits per heavy atom. The third kappa shape index (κ3) is 3.46. The van der Waals surface area contributed by atoms with E-state index in [4.69, 9.17) is 15.6 Å². The first-order chi connectivity index (χ1) is 7.36. The van der Waals surface area contributed by atoms with Gasteiger partial charge in [0.15, 0.2) is 0 Å². The van der Waals surface area contributed by atoms with Crippen molar-refractivity contribution in [1.29, 1.82) is 0 Å². The molecular weight excluding hydrogens is 206 g/mol. The first-order valence-corrected chi connectivity index (χ1v) is 6.00. The molecule has 1 aliphatic carbocycles. The number of carboxylic acid groups (broad SMARTS) is 1. The maximum absolute atomic E-state index is 11.1. The van der Waals surface area contributed by atoms with Gasteiger partial charge in [-0.2, -0.15) is 0 Å². The number of carboxylic acids is 1. The molecule has 0 saturated heterocycles. The summed E-state index contributed by atoms with van der Waals surface area (Å²) >= 11 is 0. The van der Waals surface area contributed by atoms with E-state index < -0.39 is 11.5 Å². The van der Waals surface area contributed by atoms with Gasteiger partial charge in [0, 0.05) is 0 Å². The molecule has 2 atom stereocenters. The van der Waals surface area contributed by atoms with Gasteiger partial charge in [0.25, 0.3) is 0 Å². The Morgan fingerprint density at radius 1 is 1.50 bits per heavy atom. The first kappa shape index (κ1) is 13.5. The summed E-state index contributed by atoms with van der Waals surface area (Å²) in [6.45, 7) is 6.33. The molecule has 0 amide bonds. The zero-order valence-electron chi connectivity index (χ0n) is 10.4. The van der Waals surface area contributed by atoms with Crippen LogP contribution in [0.2, 0.25) is 0 Å². The molecule has 1 saturated carbocycles. The molecule has 0 aromatic carbocycles. The fraction of sp³-hybridized carbons (Fsp3) is 0.917. The van der Waals surface area contributed by atoms with E-state index in [0.29, 0.717) is 5.92 Å². The number of carbonyl (C=O) groups is 1. The zero-order chi connectivity index (χ0) is 12.3. The van der Waals surface area contributed by atoms with Crippen molar-refractivity contribution in [3.05, 3.63) is 0 Å². The van der Waals surface area contributed by atoms with E-state index in [1.54, 1.807) is 0 Å². The van der Waals surface area contributed by atoms with Gasteiger partial charge >= 0.3 is 5.97 Å². The molecular formula is C12H23NO3. The molecule has 4 nitrogen and oxygen atoms in total. The summed E-state index contributed by atoms with van der Waals surface area (Å²) in [5.41, 5.74) is 4.73. The summed E-state index contributed by atoms with van der Waals surface area (Å²) in [7, 11) is 0. The molecule has 0 heterocycles. The van der Waals surface area contributed by atoms with Crippen LogP contribution in [0.5, 0.6) is 0 Å². The predicted octanol–water partition coefficient (Wildman–Crippen LogP) is 1.63.